The van der Waals surface area contributed by atoms with E-state index in [1.165, 1.54) is 11.8 Å². The fourth-order valence-electron chi connectivity index (χ4n) is 4.71. The molecule has 3 aromatic rings. The van der Waals surface area contributed by atoms with Crippen molar-refractivity contribution in [1.29, 1.82) is 0 Å². The summed E-state index contributed by atoms with van der Waals surface area (Å²) >= 11 is 0. The molecule has 0 spiro atoms. The van der Waals surface area contributed by atoms with Crippen LogP contribution in [-0.4, -0.2) is 19.0 Å². The lowest BCUT2D eigenvalue weighted by molar-refractivity contribution is -0.137. The van der Waals surface area contributed by atoms with Crippen molar-refractivity contribution in [3.05, 3.63) is 59.3 Å². The summed E-state index contributed by atoms with van der Waals surface area (Å²) in [5, 5.41) is 4.49. The average molecular weight is 457 g/mol. The van der Waals surface area contributed by atoms with Gasteiger partial charge in [-0.1, -0.05) is 0 Å². The van der Waals surface area contributed by atoms with Crippen molar-refractivity contribution in [2.24, 2.45) is 7.05 Å². The lowest BCUT2D eigenvalue weighted by Crippen LogP contribution is -2.32. The summed E-state index contributed by atoms with van der Waals surface area (Å²) in [5.41, 5.74) is 2.48. The Hall–Kier alpha value is -2.03. The number of nitrogens with one attached hydrogen (secondary N) is 1. The minimum atomic E-state index is -4.50. The van der Waals surface area contributed by atoms with Gasteiger partial charge in [0.2, 0.25) is 9.84 Å². The Bertz CT molecular complexity index is 1230. The van der Waals surface area contributed by atoms with Gasteiger partial charge in [0.15, 0.2) is 0 Å². The molecule has 2 atom stereocenters. The van der Waals surface area contributed by atoms with Crippen molar-refractivity contribution >= 4 is 33.1 Å². The van der Waals surface area contributed by atoms with Crippen LogP contribution in [0.5, 0.6) is 0 Å². The zero-order valence-electron chi connectivity index (χ0n) is 16.0. The van der Waals surface area contributed by atoms with Crippen molar-refractivity contribution < 1.29 is 21.6 Å². The minimum absolute atomic E-state index is 0. The van der Waals surface area contributed by atoms with Crippen molar-refractivity contribution in [3.8, 4) is 0 Å². The molecule has 2 aromatic carbocycles. The maximum Gasteiger partial charge on any atom is 0.416 e. The SMILES string of the molecule is Cl.Cn1c2c(c3cc(S(=O)(=O)c4ccc(C(F)(F)F)cc4)ccc31)C1CCC(C2)N1. The van der Waals surface area contributed by atoms with Crippen LogP contribution in [0.15, 0.2) is 52.3 Å². The van der Waals surface area contributed by atoms with Gasteiger partial charge in [0.1, 0.15) is 0 Å². The number of benzene rings is 2. The first-order valence-corrected chi connectivity index (χ1v) is 10.9. The summed E-state index contributed by atoms with van der Waals surface area (Å²) in [6.45, 7) is 0. The molecule has 1 aromatic heterocycles. The van der Waals surface area contributed by atoms with E-state index in [4.69, 9.17) is 0 Å². The molecule has 1 fully saturated rings. The van der Waals surface area contributed by atoms with Gasteiger partial charge in [-0.2, -0.15) is 13.2 Å². The summed E-state index contributed by atoms with van der Waals surface area (Å²) in [5.74, 6) is 0. The number of halogens is 4. The molecule has 0 aliphatic carbocycles. The third-order valence-electron chi connectivity index (χ3n) is 6.17. The van der Waals surface area contributed by atoms with E-state index >= 15 is 0 Å². The topological polar surface area (TPSA) is 51.1 Å². The van der Waals surface area contributed by atoms with Crippen LogP contribution in [-0.2, 0) is 29.5 Å². The average Bonchev–Trinajstić information content (AvgIpc) is 3.20. The number of fused-ring (bicyclic) bond motifs is 6. The maximum atomic E-state index is 13.1. The van der Waals surface area contributed by atoms with Crippen molar-refractivity contribution in [3.63, 3.8) is 0 Å². The van der Waals surface area contributed by atoms with Crippen LogP contribution in [0.1, 0.15) is 35.7 Å². The molecule has 9 heteroatoms. The molecule has 0 amide bonds. The Morgan fingerprint density at radius 1 is 1.03 bits per heavy atom. The molecule has 160 valence electrons. The molecule has 0 saturated carbocycles. The molecule has 2 unspecified atom stereocenters. The number of hydrogen-bond donors (Lipinski definition) is 1. The second-order valence-electron chi connectivity index (χ2n) is 7.82. The highest BCUT2D eigenvalue weighted by atomic mass is 35.5. The summed E-state index contributed by atoms with van der Waals surface area (Å²) < 4.78 is 66.6. The first-order valence-electron chi connectivity index (χ1n) is 9.46. The normalized spacial score (nSPS) is 20.8. The summed E-state index contributed by atoms with van der Waals surface area (Å²) in [6.07, 6.45) is -1.47. The standard InChI is InChI=1S/C21H19F3N2O2S.ClH/c1-26-18-9-7-15(11-16(18)20-17-8-4-13(25-17)10-19(20)26)29(27,28)14-5-2-12(3-6-14)21(22,23)24;/h2-3,5-7,9,11,13,17,25H,4,8,10H2,1H3;1H. The summed E-state index contributed by atoms with van der Waals surface area (Å²) in [6, 6.07) is 9.32. The third-order valence-corrected chi connectivity index (χ3v) is 7.93. The molecule has 5 rings (SSSR count). The van der Waals surface area contributed by atoms with E-state index in [9.17, 15) is 21.6 Å². The first-order chi connectivity index (χ1) is 13.7. The zero-order chi connectivity index (χ0) is 20.6. The maximum absolute atomic E-state index is 13.1. The van der Waals surface area contributed by atoms with E-state index in [1.807, 2.05) is 7.05 Å². The second-order valence-corrected chi connectivity index (χ2v) is 9.77. The van der Waals surface area contributed by atoms with Crippen LogP contribution in [0, 0.1) is 0 Å². The molecule has 2 aliphatic rings. The predicted octanol–water partition coefficient (Wildman–Crippen LogP) is 4.80. The van der Waals surface area contributed by atoms with Gasteiger partial charge in [-0.15, -0.1) is 12.4 Å². The molecule has 2 bridgehead atoms. The molecule has 1 N–H and O–H groups in total. The highest BCUT2D eigenvalue weighted by Crippen LogP contribution is 2.42. The summed E-state index contributed by atoms with van der Waals surface area (Å²) in [7, 11) is -1.92. The van der Waals surface area contributed by atoms with Gasteiger partial charge in [0.25, 0.3) is 0 Å². The van der Waals surface area contributed by atoms with Gasteiger partial charge in [0, 0.05) is 42.1 Å². The molecule has 0 radical (unpaired) electrons. The number of aromatic nitrogens is 1. The smallest absolute Gasteiger partial charge is 0.347 e. The highest BCUT2D eigenvalue weighted by Gasteiger charge is 2.36. The number of sulfone groups is 1. The molecule has 2 aliphatic heterocycles. The van der Waals surface area contributed by atoms with Crippen LogP contribution in [0.2, 0.25) is 0 Å². The van der Waals surface area contributed by atoms with Crippen LogP contribution >= 0.6 is 12.4 Å². The number of aryl methyl sites for hydroxylation is 1. The Morgan fingerprint density at radius 3 is 2.37 bits per heavy atom. The van der Waals surface area contributed by atoms with Crippen LogP contribution in [0.3, 0.4) is 0 Å². The number of alkyl halides is 3. The fourth-order valence-corrected chi connectivity index (χ4v) is 5.99. The Morgan fingerprint density at radius 2 is 1.70 bits per heavy atom. The van der Waals surface area contributed by atoms with E-state index in [2.05, 4.69) is 9.88 Å². The third kappa shape index (κ3) is 3.13. The van der Waals surface area contributed by atoms with E-state index in [1.54, 1.807) is 12.1 Å². The van der Waals surface area contributed by atoms with Crippen molar-refractivity contribution in [2.75, 3.05) is 0 Å². The van der Waals surface area contributed by atoms with E-state index in [0.29, 0.717) is 6.04 Å². The highest BCUT2D eigenvalue weighted by molar-refractivity contribution is 7.91. The quantitative estimate of drug-likeness (QED) is 0.602. The van der Waals surface area contributed by atoms with Crippen molar-refractivity contribution in [1.82, 2.24) is 9.88 Å². The Labute approximate surface area is 178 Å². The Balaban J connectivity index is 0.00000218. The Kier molecular flexibility index (Phi) is 4.95. The van der Waals surface area contributed by atoms with Crippen LogP contribution in [0.25, 0.3) is 10.9 Å². The lowest BCUT2D eigenvalue weighted by Gasteiger charge is -2.23. The van der Waals surface area contributed by atoms with Crippen LogP contribution in [0.4, 0.5) is 13.2 Å². The largest absolute Gasteiger partial charge is 0.416 e. The summed E-state index contributed by atoms with van der Waals surface area (Å²) in [4.78, 5) is -0.0491. The lowest BCUT2D eigenvalue weighted by atomic mass is 9.99. The molecular weight excluding hydrogens is 437 g/mol. The number of rotatable bonds is 2. The van der Waals surface area contributed by atoms with Gasteiger partial charge in [-0.05, 0) is 60.9 Å². The number of hydrogen-bond acceptors (Lipinski definition) is 3. The molecule has 4 nitrogen and oxygen atoms in total. The second kappa shape index (κ2) is 7.00. The minimum Gasteiger partial charge on any atom is -0.347 e. The van der Waals surface area contributed by atoms with Crippen molar-refractivity contribution in [2.45, 2.75) is 47.3 Å². The van der Waals surface area contributed by atoms with Gasteiger partial charge in [0.05, 0.1) is 15.4 Å². The predicted molar refractivity (Wildman–Crippen MR) is 110 cm³/mol. The fraction of sp³-hybridized carbons (Fsp3) is 0.333. The van der Waals surface area contributed by atoms with E-state index in [0.717, 1.165) is 60.0 Å². The van der Waals surface area contributed by atoms with Gasteiger partial charge < -0.3 is 9.88 Å². The van der Waals surface area contributed by atoms with Gasteiger partial charge in [-0.25, -0.2) is 8.42 Å². The molecule has 1 saturated heterocycles. The van der Waals surface area contributed by atoms with Crippen LogP contribution < -0.4 is 5.32 Å². The van der Waals surface area contributed by atoms with Gasteiger partial charge >= 0.3 is 6.18 Å². The molecular formula is C21H20ClF3N2O2S. The van der Waals surface area contributed by atoms with Gasteiger partial charge in [-0.3, -0.25) is 0 Å². The number of nitrogens with zero attached hydrogens (tertiary/aromatic N) is 1. The monoisotopic (exact) mass is 456 g/mol. The van der Waals surface area contributed by atoms with E-state index in [-0.39, 0.29) is 28.2 Å². The first kappa shape index (κ1) is 21.2. The van der Waals surface area contributed by atoms with E-state index < -0.39 is 21.6 Å². The molecule has 30 heavy (non-hydrogen) atoms. The molecule has 3 heterocycles. The zero-order valence-corrected chi connectivity index (χ0v) is 17.7.